The molecular weight excluding hydrogens is 248 g/mol. The largest absolute Gasteiger partial charge is 0.392 e. The number of hydrogen-bond acceptors (Lipinski definition) is 2. The highest BCUT2D eigenvalue weighted by atomic mass is 16.5. The number of aliphatic hydroxyl groups is 1. The summed E-state index contributed by atoms with van der Waals surface area (Å²) in [5.74, 6) is 1.68. The Balaban J connectivity index is 1.94. The minimum absolute atomic E-state index is 0.0887. The molecule has 2 nitrogen and oxygen atoms in total. The van der Waals surface area contributed by atoms with Crippen LogP contribution in [0.2, 0.25) is 0 Å². The van der Waals surface area contributed by atoms with Crippen LogP contribution in [0.15, 0.2) is 0 Å². The fraction of sp³-hybridized carbons (Fsp3) is 1.00. The van der Waals surface area contributed by atoms with Gasteiger partial charge in [-0.3, -0.25) is 0 Å². The third-order valence-electron chi connectivity index (χ3n) is 5.63. The topological polar surface area (TPSA) is 29.5 Å². The fourth-order valence-electron chi connectivity index (χ4n) is 4.69. The van der Waals surface area contributed by atoms with Crippen molar-refractivity contribution in [2.24, 2.45) is 17.8 Å². The lowest BCUT2D eigenvalue weighted by Gasteiger charge is -2.37. The second-order valence-electron chi connectivity index (χ2n) is 8.34. The highest BCUT2D eigenvalue weighted by molar-refractivity contribution is 4.99. The minimum Gasteiger partial charge on any atom is -0.392 e. The predicted molar refractivity (Wildman–Crippen MR) is 83.7 cm³/mol. The predicted octanol–water partition coefficient (Wildman–Crippen LogP) is 4.55. The van der Waals surface area contributed by atoms with Crippen LogP contribution in [0.3, 0.4) is 0 Å². The zero-order valence-corrected chi connectivity index (χ0v) is 14.1. The SMILES string of the molecule is CCCC1CCC(C(O)C2CC(C)(C)OC2(C)C)CC1. The molecule has 118 valence electrons. The first kappa shape index (κ1) is 16.3. The first-order valence-corrected chi connectivity index (χ1v) is 8.63. The molecule has 2 aliphatic rings. The number of hydrogen-bond donors (Lipinski definition) is 1. The molecule has 1 saturated carbocycles. The van der Waals surface area contributed by atoms with E-state index in [9.17, 15) is 5.11 Å². The Kier molecular flexibility index (Phi) is 4.86. The van der Waals surface area contributed by atoms with Crippen molar-refractivity contribution in [3.8, 4) is 0 Å². The van der Waals surface area contributed by atoms with Crippen molar-refractivity contribution in [3.63, 3.8) is 0 Å². The van der Waals surface area contributed by atoms with Crippen molar-refractivity contribution in [2.45, 2.75) is 96.9 Å². The van der Waals surface area contributed by atoms with E-state index in [0.29, 0.717) is 5.92 Å². The molecule has 2 rings (SSSR count). The molecule has 2 heteroatoms. The molecular formula is C18H34O2. The molecule has 1 heterocycles. The summed E-state index contributed by atoms with van der Waals surface area (Å²) in [6, 6.07) is 0. The van der Waals surface area contributed by atoms with Gasteiger partial charge in [-0.05, 0) is 58.8 Å². The zero-order chi connectivity index (χ0) is 15.0. The molecule has 2 unspecified atom stereocenters. The number of aliphatic hydroxyl groups excluding tert-OH is 1. The Morgan fingerprint density at radius 2 is 1.70 bits per heavy atom. The van der Waals surface area contributed by atoms with Crippen LogP contribution in [0.5, 0.6) is 0 Å². The Morgan fingerprint density at radius 3 is 2.15 bits per heavy atom. The minimum atomic E-state index is -0.191. The van der Waals surface area contributed by atoms with Gasteiger partial charge in [-0.25, -0.2) is 0 Å². The van der Waals surface area contributed by atoms with E-state index >= 15 is 0 Å². The summed E-state index contributed by atoms with van der Waals surface area (Å²) in [5.41, 5.74) is -0.280. The zero-order valence-electron chi connectivity index (χ0n) is 14.1. The summed E-state index contributed by atoms with van der Waals surface area (Å²) in [7, 11) is 0. The Hall–Kier alpha value is -0.0800. The first-order valence-electron chi connectivity index (χ1n) is 8.63. The van der Waals surface area contributed by atoms with Gasteiger partial charge in [0.1, 0.15) is 0 Å². The Bertz CT molecular complexity index is 313. The highest BCUT2D eigenvalue weighted by Crippen LogP contribution is 2.47. The molecule has 1 saturated heterocycles. The molecule has 0 aromatic rings. The summed E-state index contributed by atoms with van der Waals surface area (Å²) in [6.45, 7) is 10.9. The molecule has 0 spiro atoms. The van der Waals surface area contributed by atoms with Gasteiger partial charge in [0, 0.05) is 5.92 Å². The molecule has 20 heavy (non-hydrogen) atoms. The van der Waals surface area contributed by atoms with Gasteiger partial charge in [-0.2, -0.15) is 0 Å². The fourth-order valence-corrected chi connectivity index (χ4v) is 4.69. The normalized spacial score (nSPS) is 37.8. The van der Waals surface area contributed by atoms with Crippen LogP contribution in [-0.4, -0.2) is 22.4 Å². The van der Waals surface area contributed by atoms with Gasteiger partial charge in [0.2, 0.25) is 0 Å². The summed E-state index contributed by atoms with van der Waals surface area (Å²) in [6.07, 6.45) is 8.51. The molecule has 1 aliphatic heterocycles. The maximum absolute atomic E-state index is 10.9. The van der Waals surface area contributed by atoms with Crippen LogP contribution in [0.1, 0.15) is 79.6 Å². The molecule has 1 N–H and O–H groups in total. The Labute approximate surface area is 125 Å². The van der Waals surface area contributed by atoms with Crippen molar-refractivity contribution >= 4 is 0 Å². The first-order chi connectivity index (χ1) is 9.25. The third-order valence-corrected chi connectivity index (χ3v) is 5.63. The number of ether oxygens (including phenoxy) is 1. The van der Waals surface area contributed by atoms with E-state index in [0.717, 1.165) is 12.3 Å². The summed E-state index contributed by atoms with van der Waals surface area (Å²) < 4.78 is 6.16. The second kappa shape index (κ2) is 5.96. The molecule has 2 atom stereocenters. The maximum Gasteiger partial charge on any atom is 0.0687 e. The van der Waals surface area contributed by atoms with Crippen molar-refractivity contribution < 1.29 is 9.84 Å². The van der Waals surface area contributed by atoms with Gasteiger partial charge in [0.25, 0.3) is 0 Å². The monoisotopic (exact) mass is 282 g/mol. The Morgan fingerprint density at radius 1 is 1.10 bits per heavy atom. The molecule has 2 fully saturated rings. The summed E-state index contributed by atoms with van der Waals surface area (Å²) >= 11 is 0. The lowest BCUT2D eigenvalue weighted by molar-refractivity contribution is -0.0961. The number of rotatable bonds is 4. The summed E-state index contributed by atoms with van der Waals surface area (Å²) in [5, 5.41) is 10.9. The van der Waals surface area contributed by atoms with Crippen LogP contribution < -0.4 is 0 Å². The maximum atomic E-state index is 10.9. The van der Waals surface area contributed by atoms with Crippen molar-refractivity contribution in [1.82, 2.24) is 0 Å². The van der Waals surface area contributed by atoms with Crippen molar-refractivity contribution in [3.05, 3.63) is 0 Å². The average Bonchev–Trinajstić information content (AvgIpc) is 2.58. The molecule has 0 aromatic heterocycles. The van der Waals surface area contributed by atoms with Gasteiger partial charge in [0.15, 0.2) is 0 Å². The van der Waals surface area contributed by atoms with E-state index in [1.807, 2.05) is 0 Å². The van der Waals surface area contributed by atoms with Gasteiger partial charge >= 0.3 is 0 Å². The van der Waals surface area contributed by atoms with Crippen molar-refractivity contribution in [1.29, 1.82) is 0 Å². The van der Waals surface area contributed by atoms with Gasteiger partial charge in [-0.1, -0.05) is 32.6 Å². The third kappa shape index (κ3) is 3.57. The van der Waals surface area contributed by atoms with E-state index in [4.69, 9.17) is 4.74 Å². The van der Waals surface area contributed by atoms with E-state index in [1.54, 1.807) is 0 Å². The lowest BCUT2D eigenvalue weighted by atomic mass is 9.71. The van der Waals surface area contributed by atoms with Crippen LogP contribution in [0, 0.1) is 17.8 Å². The smallest absolute Gasteiger partial charge is 0.0687 e. The van der Waals surface area contributed by atoms with Crippen LogP contribution in [0.4, 0.5) is 0 Å². The molecule has 0 bridgehead atoms. The molecule has 0 aromatic carbocycles. The van der Waals surface area contributed by atoms with Crippen molar-refractivity contribution in [2.75, 3.05) is 0 Å². The quantitative estimate of drug-likeness (QED) is 0.820. The van der Waals surface area contributed by atoms with E-state index < -0.39 is 0 Å². The van der Waals surface area contributed by atoms with E-state index in [2.05, 4.69) is 34.6 Å². The summed E-state index contributed by atoms with van der Waals surface area (Å²) in [4.78, 5) is 0. The molecule has 0 amide bonds. The van der Waals surface area contributed by atoms with Gasteiger partial charge < -0.3 is 9.84 Å². The van der Waals surface area contributed by atoms with Crippen LogP contribution in [0.25, 0.3) is 0 Å². The highest BCUT2D eigenvalue weighted by Gasteiger charge is 2.50. The molecule has 1 aliphatic carbocycles. The van der Waals surface area contributed by atoms with Gasteiger partial charge in [-0.15, -0.1) is 0 Å². The van der Waals surface area contributed by atoms with Gasteiger partial charge in [0.05, 0.1) is 17.3 Å². The van der Waals surface area contributed by atoms with Crippen LogP contribution >= 0.6 is 0 Å². The average molecular weight is 282 g/mol. The standard InChI is InChI=1S/C18H34O2/c1-6-7-13-8-10-14(11-9-13)16(19)15-12-17(2,3)20-18(15,4)5/h13-16,19H,6-12H2,1-5H3. The van der Waals surface area contributed by atoms with Crippen LogP contribution in [-0.2, 0) is 4.74 Å². The van der Waals surface area contributed by atoms with E-state index in [-0.39, 0.29) is 23.2 Å². The molecule has 0 radical (unpaired) electrons. The second-order valence-corrected chi connectivity index (χ2v) is 8.34. The lowest BCUT2D eigenvalue weighted by Crippen LogP contribution is -2.41. The van der Waals surface area contributed by atoms with E-state index in [1.165, 1.54) is 38.5 Å².